The molecular weight excluding hydrogens is 396 g/mol. The van der Waals surface area contributed by atoms with Gasteiger partial charge < -0.3 is 15.0 Å². The van der Waals surface area contributed by atoms with Gasteiger partial charge in [-0.3, -0.25) is 9.59 Å². The van der Waals surface area contributed by atoms with Crippen molar-refractivity contribution in [2.75, 3.05) is 16.9 Å². The highest BCUT2D eigenvalue weighted by Gasteiger charge is 2.39. The van der Waals surface area contributed by atoms with Gasteiger partial charge in [-0.15, -0.1) is 11.8 Å². The molecule has 4 rings (SSSR count). The zero-order valence-electron chi connectivity index (χ0n) is 15.3. The first-order chi connectivity index (χ1) is 13.6. The van der Waals surface area contributed by atoms with E-state index in [4.69, 9.17) is 16.3 Å². The van der Waals surface area contributed by atoms with E-state index in [0.717, 1.165) is 19.3 Å². The van der Waals surface area contributed by atoms with Crippen LogP contribution < -0.4 is 10.1 Å². The summed E-state index contributed by atoms with van der Waals surface area (Å²) >= 11 is 7.73. The number of para-hydroxylation sites is 1. The van der Waals surface area contributed by atoms with Crippen LogP contribution in [0.3, 0.4) is 0 Å². The molecule has 1 aliphatic heterocycles. The zero-order chi connectivity index (χ0) is 19.5. The summed E-state index contributed by atoms with van der Waals surface area (Å²) in [6.07, 6.45) is 3.00. The number of halogens is 1. The Bertz CT molecular complexity index is 870. The maximum absolute atomic E-state index is 12.7. The average Bonchev–Trinajstić information content (AvgIpc) is 3.14. The molecule has 2 aliphatic rings. The standard InChI is InChI=1S/C21H21ClN2O3S/c22-17-6-1-2-7-19(17)27-16-10-8-15(9-11-16)23-20(25)18-12-28-13-24(18)21(26)14-4-3-5-14/h1-2,6-11,14,18H,3-5,12-13H2,(H,23,25). The largest absolute Gasteiger partial charge is 0.456 e. The third-order valence-electron chi connectivity index (χ3n) is 5.11. The van der Waals surface area contributed by atoms with E-state index in [9.17, 15) is 9.59 Å². The highest BCUT2D eigenvalue weighted by Crippen LogP contribution is 2.33. The Kier molecular flexibility index (Phi) is 5.78. The number of hydrogen-bond donors (Lipinski definition) is 1. The van der Waals surface area contributed by atoms with Gasteiger partial charge in [0.15, 0.2) is 0 Å². The number of carbonyl (C=O) groups excluding carboxylic acids is 2. The second-order valence-electron chi connectivity index (χ2n) is 7.00. The summed E-state index contributed by atoms with van der Waals surface area (Å²) in [5, 5.41) is 3.46. The third kappa shape index (κ3) is 4.13. The summed E-state index contributed by atoms with van der Waals surface area (Å²) in [6.45, 7) is 0. The summed E-state index contributed by atoms with van der Waals surface area (Å²) in [5.41, 5.74) is 0.671. The van der Waals surface area contributed by atoms with Crippen LogP contribution in [0.1, 0.15) is 19.3 Å². The van der Waals surface area contributed by atoms with Crippen LogP contribution in [-0.2, 0) is 9.59 Å². The van der Waals surface area contributed by atoms with E-state index in [1.165, 1.54) is 0 Å². The Balaban J connectivity index is 1.37. The van der Waals surface area contributed by atoms with Gasteiger partial charge in [0.25, 0.3) is 0 Å². The molecule has 7 heteroatoms. The molecule has 1 saturated heterocycles. The molecule has 0 aromatic heterocycles. The number of benzene rings is 2. The van der Waals surface area contributed by atoms with Crippen molar-refractivity contribution in [3.63, 3.8) is 0 Å². The van der Waals surface area contributed by atoms with Crippen molar-refractivity contribution < 1.29 is 14.3 Å². The number of rotatable bonds is 5. The quantitative estimate of drug-likeness (QED) is 0.762. The molecule has 5 nitrogen and oxygen atoms in total. The van der Waals surface area contributed by atoms with Crippen LogP contribution >= 0.6 is 23.4 Å². The van der Waals surface area contributed by atoms with Crippen molar-refractivity contribution in [1.82, 2.24) is 4.90 Å². The fourth-order valence-electron chi connectivity index (χ4n) is 3.25. The molecule has 0 radical (unpaired) electrons. The minimum atomic E-state index is -0.405. The summed E-state index contributed by atoms with van der Waals surface area (Å²) < 4.78 is 5.76. The van der Waals surface area contributed by atoms with E-state index in [1.54, 1.807) is 53.1 Å². The van der Waals surface area contributed by atoms with Crippen LogP contribution in [0.25, 0.3) is 0 Å². The molecule has 1 atom stereocenters. The lowest BCUT2D eigenvalue weighted by atomic mass is 9.84. The number of thioether (sulfide) groups is 1. The molecule has 1 aliphatic carbocycles. The Morgan fingerprint density at radius 3 is 2.54 bits per heavy atom. The van der Waals surface area contributed by atoms with E-state index < -0.39 is 6.04 Å². The SMILES string of the molecule is O=C(Nc1ccc(Oc2ccccc2Cl)cc1)C1CSCN1C(=O)C1CCC1. The highest BCUT2D eigenvalue weighted by atomic mass is 35.5. The van der Waals surface area contributed by atoms with E-state index in [0.29, 0.717) is 33.8 Å². The van der Waals surface area contributed by atoms with E-state index >= 15 is 0 Å². The molecule has 1 heterocycles. The monoisotopic (exact) mass is 416 g/mol. The lowest BCUT2D eigenvalue weighted by Crippen LogP contribution is -2.47. The van der Waals surface area contributed by atoms with Crippen molar-refractivity contribution in [3.05, 3.63) is 53.6 Å². The number of carbonyl (C=O) groups is 2. The Labute approximate surface area is 173 Å². The predicted octanol–water partition coefficient (Wildman–Crippen LogP) is 4.77. The van der Waals surface area contributed by atoms with Gasteiger partial charge in [-0.05, 0) is 49.2 Å². The van der Waals surface area contributed by atoms with Gasteiger partial charge in [-0.2, -0.15) is 0 Å². The molecule has 0 bridgehead atoms. The predicted molar refractivity (Wildman–Crippen MR) is 112 cm³/mol. The number of amides is 2. The highest BCUT2D eigenvalue weighted by molar-refractivity contribution is 7.99. The molecular formula is C21H21ClN2O3S. The van der Waals surface area contributed by atoms with Gasteiger partial charge in [0.2, 0.25) is 11.8 Å². The molecule has 28 heavy (non-hydrogen) atoms. The summed E-state index contributed by atoms with van der Waals surface area (Å²) in [6, 6.07) is 14.0. The number of ether oxygens (including phenoxy) is 1. The first-order valence-corrected chi connectivity index (χ1v) is 10.9. The average molecular weight is 417 g/mol. The van der Waals surface area contributed by atoms with E-state index in [2.05, 4.69) is 5.32 Å². The lowest BCUT2D eigenvalue weighted by Gasteiger charge is -2.31. The molecule has 0 spiro atoms. The number of nitrogens with zero attached hydrogens (tertiary/aromatic N) is 1. The van der Waals surface area contributed by atoms with Gasteiger partial charge in [0.05, 0.1) is 10.9 Å². The van der Waals surface area contributed by atoms with Crippen molar-refractivity contribution >= 4 is 40.9 Å². The normalized spacial score (nSPS) is 19.2. The van der Waals surface area contributed by atoms with Crippen LogP contribution in [0.5, 0.6) is 11.5 Å². The van der Waals surface area contributed by atoms with Crippen LogP contribution in [0.4, 0.5) is 5.69 Å². The fraction of sp³-hybridized carbons (Fsp3) is 0.333. The molecule has 2 fully saturated rings. The van der Waals surface area contributed by atoms with Crippen molar-refractivity contribution in [2.24, 2.45) is 5.92 Å². The molecule has 2 amide bonds. The first-order valence-electron chi connectivity index (χ1n) is 9.33. The van der Waals surface area contributed by atoms with Crippen molar-refractivity contribution in [3.8, 4) is 11.5 Å². The molecule has 2 aromatic carbocycles. The van der Waals surface area contributed by atoms with E-state index in [1.807, 2.05) is 12.1 Å². The van der Waals surface area contributed by atoms with Gasteiger partial charge in [0, 0.05) is 17.4 Å². The lowest BCUT2D eigenvalue weighted by molar-refractivity contribution is -0.141. The zero-order valence-corrected chi connectivity index (χ0v) is 16.8. The smallest absolute Gasteiger partial charge is 0.248 e. The Hall–Kier alpha value is -2.18. The summed E-state index contributed by atoms with van der Waals surface area (Å²) in [5.74, 6) is 2.53. The van der Waals surface area contributed by atoms with Crippen molar-refractivity contribution in [1.29, 1.82) is 0 Å². The third-order valence-corrected chi connectivity index (χ3v) is 6.43. The maximum atomic E-state index is 12.7. The van der Waals surface area contributed by atoms with Gasteiger partial charge in [-0.25, -0.2) is 0 Å². The molecule has 1 unspecified atom stereocenters. The second-order valence-corrected chi connectivity index (χ2v) is 8.40. The Morgan fingerprint density at radius 1 is 1.11 bits per heavy atom. The van der Waals surface area contributed by atoms with Crippen molar-refractivity contribution in [2.45, 2.75) is 25.3 Å². The van der Waals surface area contributed by atoms with Crippen LogP contribution in [-0.4, -0.2) is 34.4 Å². The minimum absolute atomic E-state index is 0.107. The molecule has 1 saturated carbocycles. The van der Waals surface area contributed by atoms with Crippen LogP contribution in [0.2, 0.25) is 5.02 Å². The Morgan fingerprint density at radius 2 is 1.86 bits per heavy atom. The topological polar surface area (TPSA) is 58.6 Å². The fourth-order valence-corrected chi connectivity index (χ4v) is 4.59. The van der Waals surface area contributed by atoms with Gasteiger partial charge >= 0.3 is 0 Å². The number of hydrogen-bond acceptors (Lipinski definition) is 4. The van der Waals surface area contributed by atoms with E-state index in [-0.39, 0.29) is 17.7 Å². The van der Waals surface area contributed by atoms with Crippen LogP contribution in [0, 0.1) is 5.92 Å². The van der Waals surface area contributed by atoms with Gasteiger partial charge in [-0.1, -0.05) is 30.2 Å². The second kappa shape index (κ2) is 8.45. The number of anilines is 1. The summed E-state index contributed by atoms with van der Waals surface area (Å²) in [4.78, 5) is 27.0. The van der Waals surface area contributed by atoms with Gasteiger partial charge in [0.1, 0.15) is 17.5 Å². The molecule has 1 N–H and O–H groups in total. The molecule has 146 valence electrons. The first kappa shape index (κ1) is 19.2. The minimum Gasteiger partial charge on any atom is -0.456 e. The maximum Gasteiger partial charge on any atom is 0.248 e. The number of nitrogens with one attached hydrogen (secondary N) is 1. The molecule has 2 aromatic rings. The van der Waals surface area contributed by atoms with Crippen LogP contribution in [0.15, 0.2) is 48.5 Å². The summed E-state index contributed by atoms with van der Waals surface area (Å²) in [7, 11) is 0.